The summed E-state index contributed by atoms with van der Waals surface area (Å²) < 4.78 is 5.40. The summed E-state index contributed by atoms with van der Waals surface area (Å²) in [7, 11) is 0. The number of carbonyl (C=O) groups excluding carboxylic acids is 2. The molecule has 9 heteroatoms. The van der Waals surface area contributed by atoms with E-state index in [1.165, 1.54) is 28.2 Å². The Morgan fingerprint density at radius 2 is 1.97 bits per heavy atom. The number of carboxylic acids is 1. The second-order valence-corrected chi connectivity index (χ2v) is 9.46. The van der Waals surface area contributed by atoms with Gasteiger partial charge in [0.25, 0.3) is 5.91 Å². The first kappa shape index (κ1) is 24.9. The third-order valence-corrected chi connectivity index (χ3v) is 6.78. The van der Waals surface area contributed by atoms with Crippen LogP contribution in [0.25, 0.3) is 0 Å². The summed E-state index contributed by atoms with van der Waals surface area (Å²) in [4.78, 5) is 28.9. The maximum atomic E-state index is 12.5. The monoisotopic (exact) mass is 486 g/mol. The number of anilines is 2. The van der Waals surface area contributed by atoms with Crippen LogP contribution >= 0.6 is 22.7 Å². The van der Waals surface area contributed by atoms with E-state index in [0.29, 0.717) is 22.2 Å². The van der Waals surface area contributed by atoms with Crippen molar-refractivity contribution in [1.82, 2.24) is 4.98 Å². The largest absolute Gasteiger partial charge is 0.550 e. The number of benzene rings is 1. The van der Waals surface area contributed by atoms with Crippen molar-refractivity contribution in [3.63, 3.8) is 0 Å². The van der Waals surface area contributed by atoms with Crippen LogP contribution in [0.1, 0.15) is 52.0 Å². The molecule has 0 saturated carbocycles. The molecule has 0 aliphatic carbocycles. The molecule has 0 bridgehead atoms. The van der Waals surface area contributed by atoms with E-state index in [2.05, 4.69) is 33.8 Å². The summed E-state index contributed by atoms with van der Waals surface area (Å²) in [6.07, 6.45) is 4.10. The van der Waals surface area contributed by atoms with Crippen LogP contribution in [0, 0.1) is 0 Å². The van der Waals surface area contributed by atoms with Crippen molar-refractivity contribution in [2.24, 2.45) is 0 Å². The fourth-order valence-electron chi connectivity index (χ4n) is 3.28. The summed E-state index contributed by atoms with van der Waals surface area (Å²) in [6.45, 7) is 4.25. The van der Waals surface area contributed by atoms with Crippen LogP contribution in [0.3, 0.4) is 0 Å². The van der Waals surface area contributed by atoms with E-state index in [0.717, 1.165) is 49.5 Å². The number of thiazole rings is 1. The molecule has 0 saturated heterocycles. The number of nitrogens with one attached hydrogen (secondary N) is 2. The molecular weight excluding hydrogens is 458 g/mol. The van der Waals surface area contributed by atoms with Crippen molar-refractivity contribution in [2.75, 3.05) is 23.8 Å². The minimum absolute atomic E-state index is 0.256. The molecule has 3 rings (SSSR count). The maximum Gasteiger partial charge on any atom is 0.267 e. The molecule has 2 N–H and O–H groups in total. The number of unbranched alkanes of at least 4 members (excludes halogenated alkanes) is 2. The van der Waals surface area contributed by atoms with Gasteiger partial charge in [-0.25, -0.2) is 4.98 Å². The highest BCUT2D eigenvalue weighted by Gasteiger charge is 2.12. The van der Waals surface area contributed by atoms with Gasteiger partial charge in [-0.05, 0) is 49.9 Å². The number of hydrogen-bond acceptors (Lipinski definition) is 8. The van der Waals surface area contributed by atoms with E-state index >= 15 is 0 Å². The predicted molar refractivity (Wildman–Crippen MR) is 131 cm³/mol. The van der Waals surface area contributed by atoms with Gasteiger partial charge in [0.05, 0.1) is 10.6 Å². The SMILES string of the molecule is CCOCCCCCc1ccccc1NCc1ccc(C(=O)Nc2nc(CC(=O)[O-])cs2)s1. The fraction of sp³-hybridized carbons (Fsp3) is 0.375. The molecule has 33 heavy (non-hydrogen) atoms. The predicted octanol–water partition coefficient (Wildman–Crippen LogP) is 4.11. The van der Waals surface area contributed by atoms with Crippen molar-refractivity contribution < 1.29 is 19.4 Å². The third-order valence-electron chi connectivity index (χ3n) is 4.89. The molecule has 1 amide bonds. The zero-order valence-electron chi connectivity index (χ0n) is 18.6. The Balaban J connectivity index is 1.49. The molecule has 2 aromatic heterocycles. The quantitative estimate of drug-likeness (QED) is 0.332. The van der Waals surface area contributed by atoms with Gasteiger partial charge in [0, 0.05) is 48.1 Å². The van der Waals surface area contributed by atoms with Crippen LogP contribution in [0.4, 0.5) is 10.8 Å². The van der Waals surface area contributed by atoms with Gasteiger partial charge < -0.3 is 20.0 Å². The Hall–Kier alpha value is -2.75. The van der Waals surface area contributed by atoms with Gasteiger partial charge in [0.2, 0.25) is 0 Å². The summed E-state index contributed by atoms with van der Waals surface area (Å²) >= 11 is 2.61. The van der Waals surface area contributed by atoms with E-state index in [9.17, 15) is 14.7 Å². The van der Waals surface area contributed by atoms with E-state index in [4.69, 9.17) is 4.74 Å². The number of amides is 1. The zero-order valence-corrected chi connectivity index (χ0v) is 20.2. The number of para-hydroxylation sites is 1. The maximum absolute atomic E-state index is 12.5. The van der Waals surface area contributed by atoms with Crippen molar-refractivity contribution in [2.45, 2.75) is 45.6 Å². The summed E-state index contributed by atoms with van der Waals surface area (Å²) in [5, 5.41) is 18.9. The summed E-state index contributed by atoms with van der Waals surface area (Å²) in [6, 6.07) is 12.1. The van der Waals surface area contributed by atoms with E-state index in [-0.39, 0.29) is 12.3 Å². The molecular formula is C24H28N3O4S2-. The molecule has 0 fully saturated rings. The number of carbonyl (C=O) groups is 2. The number of aryl methyl sites for hydroxylation is 1. The average Bonchev–Trinajstić information content (AvgIpc) is 3.44. The van der Waals surface area contributed by atoms with Crippen LogP contribution in [0.15, 0.2) is 41.8 Å². The van der Waals surface area contributed by atoms with E-state index in [1.807, 2.05) is 19.1 Å². The number of aliphatic carboxylic acids is 1. The van der Waals surface area contributed by atoms with Crippen LogP contribution in [-0.4, -0.2) is 30.1 Å². The number of aromatic nitrogens is 1. The Morgan fingerprint density at radius 3 is 2.79 bits per heavy atom. The highest BCUT2D eigenvalue weighted by Crippen LogP contribution is 2.23. The van der Waals surface area contributed by atoms with Gasteiger partial charge in [-0.1, -0.05) is 24.6 Å². The molecule has 0 aliphatic rings. The van der Waals surface area contributed by atoms with Crippen LogP contribution in [0.5, 0.6) is 0 Å². The van der Waals surface area contributed by atoms with Gasteiger partial charge in [-0.2, -0.15) is 0 Å². The average molecular weight is 487 g/mol. The number of thiophene rings is 1. The molecule has 176 valence electrons. The topological polar surface area (TPSA) is 103 Å². The first-order chi connectivity index (χ1) is 16.0. The molecule has 7 nitrogen and oxygen atoms in total. The number of carboxylic acid groups (broad SMARTS) is 1. The van der Waals surface area contributed by atoms with E-state index in [1.54, 1.807) is 11.4 Å². The number of nitrogens with zero attached hydrogens (tertiary/aromatic N) is 1. The fourth-order valence-corrected chi connectivity index (χ4v) is 4.83. The highest BCUT2D eigenvalue weighted by atomic mass is 32.1. The highest BCUT2D eigenvalue weighted by molar-refractivity contribution is 7.15. The number of ether oxygens (including phenoxy) is 1. The van der Waals surface area contributed by atoms with E-state index < -0.39 is 5.97 Å². The Labute approximate surface area is 201 Å². The van der Waals surface area contributed by atoms with Crippen LogP contribution < -0.4 is 15.7 Å². The van der Waals surface area contributed by atoms with Crippen LogP contribution in [-0.2, 0) is 28.9 Å². The first-order valence-electron chi connectivity index (χ1n) is 11.0. The first-order valence-corrected chi connectivity index (χ1v) is 12.7. The normalized spacial score (nSPS) is 10.8. The minimum atomic E-state index is -1.20. The van der Waals surface area contributed by atoms with Gasteiger partial charge >= 0.3 is 0 Å². The van der Waals surface area contributed by atoms with Gasteiger partial charge in [0.15, 0.2) is 5.13 Å². The molecule has 0 unspecified atom stereocenters. The smallest absolute Gasteiger partial charge is 0.267 e. The molecule has 0 aliphatic heterocycles. The lowest BCUT2D eigenvalue weighted by Gasteiger charge is -2.11. The lowest BCUT2D eigenvalue weighted by Crippen LogP contribution is -2.24. The molecule has 0 atom stereocenters. The summed E-state index contributed by atoms with van der Waals surface area (Å²) in [5.74, 6) is -1.45. The minimum Gasteiger partial charge on any atom is -0.550 e. The molecule has 0 spiro atoms. The number of hydrogen-bond donors (Lipinski definition) is 2. The Morgan fingerprint density at radius 1 is 1.12 bits per heavy atom. The van der Waals surface area contributed by atoms with Gasteiger partial charge in [-0.15, -0.1) is 22.7 Å². The van der Waals surface area contributed by atoms with Crippen molar-refractivity contribution in [3.05, 3.63) is 62.8 Å². The second kappa shape index (κ2) is 13.1. The third kappa shape index (κ3) is 8.27. The van der Waals surface area contributed by atoms with Crippen LogP contribution in [0.2, 0.25) is 0 Å². The molecule has 0 radical (unpaired) electrons. The molecule has 3 aromatic rings. The lowest BCUT2D eigenvalue weighted by atomic mass is 10.1. The van der Waals surface area contributed by atoms with Gasteiger partial charge in [-0.3, -0.25) is 10.1 Å². The second-order valence-electron chi connectivity index (χ2n) is 7.43. The lowest BCUT2D eigenvalue weighted by molar-refractivity contribution is -0.304. The van der Waals surface area contributed by atoms with Crippen molar-refractivity contribution >= 4 is 45.4 Å². The van der Waals surface area contributed by atoms with Crippen molar-refractivity contribution in [3.8, 4) is 0 Å². The molecule has 1 aromatic carbocycles. The standard InChI is InChI=1S/C24H29N3O4S2/c1-2-31-13-7-3-4-8-17-9-5-6-10-20(17)25-15-19-11-12-21(33-19)23(30)27-24-26-18(16-32-24)14-22(28)29/h5-6,9-12,16,25H,2-4,7-8,13-15H2,1H3,(H,28,29)(H,26,27,30)/p-1. The van der Waals surface area contributed by atoms with Crippen molar-refractivity contribution in [1.29, 1.82) is 0 Å². The Kier molecular flexibility index (Phi) is 9.86. The van der Waals surface area contributed by atoms with Gasteiger partial charge in [0.1, 0.15) is 0 Å². The molecule has 2 heterocycles. The summed E-state index contributed by atoms with van der Waals surface area (Å²) in [5.41, 5.74) is 2.78. The number of rotatable bonds is 14. The Bertz CT molecular complexity index is 1050. The zero-order chi connectivity index (χ0) is 23.5.